The third-order valence-electron chi connectivity index (χ3n) is 2.69. The third kappa shape index (κ3) is 4.14. The van der Waals surface area contributed by atoms with Crippen LogP contribution in [-0.4, -0.2) is 27.8 Å². The minimum Gasteiger partial charge on any atom is -0.491 e. The van der Waals surface area contributed by atoms with Crippen LogP contribution in [0.15, 0.2) is 46.0 Å². The summed E-state index contributed by atoms with van der Waals surface area (Å²) < 4.78 is 18.3. The number of rotatable bonds is 7. The molecule has 1 heterocycles. The van der Waals surface area contributed by atoms with Gasteiger partial charge in [0.05, 0.1) is 26.9 Å². The van der Waals surface area contributed by atoms with Gasteiger partial charge in [-0.1, -0.05) is 24.3 Å². The predicted octanol–water partition coefficient (Wildman–Crippen LogP) is 1.75. The van der Waals surface area contributed by atoms with Crippen molar-refractivity contribution in [1.82, 2.24) is 0 Å². The molecule has 0 amide bonds. The van der Waals surface area contributed by atoms with Crippen LogP contribution in [0.3, 0.4) is 0 Å². The summed E-state index contributed by atoms with van der Waals surface area (Å²) in [6.07, 6.45) is -0.774. The van der Waals surface area contributed by atoms with Gasteiger partial charge in [-0.2, -0.15) is 0 Å². The van der Waals surface area contributed by atoms with Crippen molar-refractivity contribution in [3.63, 3.8) is 0 Å². The maximum atomic E-state index is 11.9. The fraction of sp³-hybridized carbons (Fsp3) is 0.286. The first-order valence-electron chi connectivity index (χ1n) is 6.21. The highest BCUT2D eigenvalue weighted by Crippen LogP contribution is 2.18. The molecule has 0 spiro atoms. The molecule has 108 valence electrons. The van der Waals surface area contributed by atoms with Gasteiger partial charge in [-0.15, -0.1) is 11.3 Å². The van der Waals surface area contributed by atoms with Crippen molar-refractivity contribution in [2.75, 3.05) is 12.4 Å². The highest BCUT2D eigenvalue weighted by molar-refractivity contribution is 7.87. The van der Waals surface area contributed by atoms with Gasteiger partial charge in [-0.3, -0.25) is 4.21 Å². The van der Waals surface area contributed by atoms with E-state index in [4.69, 9.17) is 10.5 Å². The van der Waals surface area contributed by atoms with Crippen LogP contribution in [0, 0.1) is 0 Å². The normalized spacial score (nSPS) is 13.9. The number of para-hydroxylation sites is 1. The molecular weight excluding hydrogens is 294 g/mol. The van der Waals surface area contributed by atoms with Crippen molar-refractivity contribution in [2.45, 2.75) is 16.9 Å². The quantitative estimate of drug-likeness (QED) is 0.817. The SMILES string of the molecule is NCc1ccccc1OCC(O)CS(=O)c1cccs1. The zero-order valence-corrected chi connectivity index (χ0v) is 12.5. The second-order valence-electron chi connectivity index (χ2n) is 4.22. The van der Waals surface area contributed by atoms with Crippen LogP contribution in [0.25, 0.3) is 0 Å². The van der Waals surface area contributed by atoms with Gasteiger partial charge < -0.3 is 15.6 Å². The first-order chi connectivity index (χ1) is 9.70. The summed E-state index contributed by atoms with van der Waals surface area (Å²) in [5, 5.41) is 11.8. The van der Waals surface area contributed by atoms with Gasteiger partial charge in [0.1, 0.15) is 12.4 Å². The van der Waals surface area contributed by atoms with Gasteiger partial charge in [0.2, 0.25) is 0 Å². The van der Waals surface area contributed by atoms with Crippen LogP contribution in [0.5, 0.6) is 5.75 Å². The van der Waals surface area contributed by atoms with Gasteiger partial charge in [0.15, 0.2) is 0 Å². The fourth-order valence-electron chi connectivity index (χ4n) is 1.70. The molecule has 0 bridgehead atoms. The zero-order chi connectivity index (χ0) is 14.4. The Morgan fingerprint density at radius 3 is 2.80 bits per heavy atom. The Morgan fingerprint density at radius 2 is 2.10 bits per heavy atom. The number of aliphatic hydroxyl groups excluding tert-OH is 1. The van der Waals surface area contributed by atoms with Crippen LogP contribution >= 0.6 is 11.3 Å². The summed E-state index contributed by atoms with van der Waals surface area (Å²) in [4.78, 5) is 0. The van der Waals surface area contributed by atoms with E-state index in [0.717, 1.165) is 9.77 Å². The Morgan fingerprint density at radius 1 is 1.30 bits per heavy atom. The van der Waals surface area contributed by atoms with Gasteiger partial charge in [-0.05, 0) is 17.5 Å². The predicted molar refractivity (Wildman–Crippen MR) is 81.4 cm³/mol. The monoisotopic (exact) mass is 311 g/mol. The highest BCUT2D eigenvalue weighted by Gasteiger charge is 2.13. The molecule has 1 aromatic carbocycles. The maximum Gasteiger partial charge on any atom is 0.123 e. The summed E-state index contributed by atoms with van der Waals surface area (Å²) >= 11 is 1.42. The molecular formula is C14H17NO3S2. The largest absolute Gasteiger partial charge is 0.491 e. The first kappa shape index (κ1) is 15.2. The molecule has 0 aliphatic rings. The van der Waals surface area contributed by atoms with E-state index in [1.54, 1.807) is 6.07 Å². The topological polar surface area (TPSA) is 72.6 Å². The summed E-state index contributed by atoms with van der Waals surface area (Å²) in [6, 6.07) is 11.1. The standard InChI is InChI=1S/C14H17NO3S2/c15-8-11-4-1-2-5-13(11)18-9-12(16)10-20(17)14-6-3-7-19-14/h1-7,12,16H,8-10,15H2. The molecule has 0 saturated carbocycles. The van der Waals surface area contributed by atoms with E-state index in [1.165, 1.54) is 11.3 Å². The van der Waals surface area contributed by atoms with Crippen molar-refractivity contribution in [3.8, 4) is 5.75 Å². The molecule has 2 atom stereocenters. The highest BCUT2D eigenvalue weighted by atomic mass is 32.2. The number of hydrogen-bond acceptors (Lipinski definition) is 5. The van der Waals surface area contributed by atoms with Gasteiger partial charge in [0.25, 0.3) is 0 Å². The van der Waals surface area contributed by atoms with E-state index in [0.29, 0.717) is 12.3 Å². The Labute approximate surface area is 124 Å². The molecule has 2 aromatic rings. The second-order valence-corrected chi connectivity index (χ2v) is 6.89. The maximum absolute atomic E-state index is 11.9. The lowest BCUT2D eigenvalue weighted by atomic mass is 10.2. The Hall–Kier alpha value is -1.21. The summed E-state index contributed by atoms with van der Waals surface area (Å²) in [6.45, 7) is 0.488. The fourth-order valence-corrected chi connectivity index (χ4v) is 3.79. The van der Waals surface area contributed by atoms with E-state index < -0.39 is 16.9 Å². The average molecular weight is 311 g/mol. The van der Waals surface area contributed by atoms with Crippen molar-refractivity contribution >= 4 is 22.1 Å². The van der Waals surface area contributed by atoms with Crippen LogP contribution < -0.4 is 10.5 Å². The minimum absolute atomic E-state index is 0.105. The number of aliphatic hydroxyl groups is 1. The molecule has 0 aliphatic heterocycles. The van der Waals surface area contributed by atoms with Crippen LogP contribution in [0.2, 0.25) is 0 Å². The van der Waals surface area contributed by atoms with E-state index >= 15 is 0 Å². The molecule has 6 heteroatoms. The van der Waals surface area contributed by atoms with Crippen molar-refractivity contribution < 1.29 is 14.1 Å². The number of nitrogens with two attached hydrogens (primary N) is 1. The number of hydrogen-bond donors (Lipinski definition) is 2. The molecule has 4 nitrogen and oxygen atoms in total. The summed E-state index contributed by atoms with van der Waals surface area (Å²) in [5.74, 6) is 0.835. The molecule has 2 rings (SSSR count). The average Bonchev–Trinajstić information content (AvgIpc) is 2.99. The van der Waals surface area contributed by atoms with Crippen molar-refractivity contribution in [3.05, 3.63) is 47.3 Å². The summed E-state index contributed by atoms with van der Waals surface area (Å²) in [5.41, 5.74) is 6.50. The number of ether oxygens (including phenoxy) is 1. The number of benzene rings is 1. The second kappa shape index (κ2) is 7.54. The van der Waals surface area contributed by atoms with Crippen LogP contribution in [0.4, 0.5) is 0 Å². The Bertz CT molecular complexity index is 557. The van der Waals surface area contributed by atoms with Crippen LogP contribution in [0.1, 0.15) is 5.56 Å². The lowest BCUT2D eigenvalue weighted by Gasteiger charge is -2.13. The Kier molecular flexibility index (Phi) is 5.72. The zero-order valence-electron chi connectivity index (χ0n) is 10.9. The van der Waals surface area contributed by atoms with Crippen molar-refractivity contribution in [1.29, 1.82) is 0 Å². The third-order valence-corrected chi connectivity index (χ3v) is 5.47. The van der Waals surface area contributed by atoms with E-state index in [-0.39, 0.29) is 12.4 Å². The number of thiophene rings is 1. The van der Waals surface area contributed by atoms with E-state index in [2.05, 4.69) is 0 Å². The van der Waals surface area contributed by atoms with E-state index in [9.17, 15) is 9.32 Å². The molecule has 1 aromatic heterocycles. The lowest BCUT2D eigenvalue weighted by Crippen LogP contribution is -2.24. The molecule has 20 heavy (non-hydrogen) atoms. The van der Waals surface area contributed by atoms with E-state index in [1.807, 2.05) is 35.7 Å². The van der Waals surface area contributed by atoms with Gasteiger partial charge in [0, 0.05) is 12.1 Å². The summed E-state index contributed by atoms with van der Waals surface area (Å²) in [7, 11) is -1.18. The molecule has 0 saturated heterocycles. The van der Waals surface area contributed by atoms with Gasteiger partial charge >= 0.3 is 0 Å². The molecule has 3 N–H and O–H groups in total. The smallest absolute Gasteiger partial charge is 0.123 e. The molecule has 0 aliphatic carbocycles. The lowest BCUT2D eigenvalue weighted by molar-refractivity contribution is 0.125. The Balaban J connectivity index is 1.86. The molecule has 2 unspecified atom stereocenters. The van der Waals surface area contributed by atoms with Crippen molar-refractivity contribution in [2.24, 2.45) is 5.73 Å². The first-order valence-corrected chi connectivity index (χ1v) is 8.41. The van der Waals surface area contributed by atoms with Crippen LogP contribution in [-0.2, 0) is 17.3 Å². The molecule has 0 radical (unpaired) electrons. The minimum atomic E-state index is -1.18. The van der Waals surface area contributed by atoms with Gasteiger partial charge in [-0.25, -0.2) is 0 Å². The molecule has 0 fully saturated rings.